The Balaban J connectivity index is 1.86. The van der Waals surface area contributed by atoms with Crippen molar-refractivity contribution in [2.75, 3.05) is 18.5 Å². The van der Waals surface area contributed by atoms with Gasteiger partial charge < -0.3 is 19.7 Å². The van der Waals surface area contributed by atoms with E-state index in [4.69, 9.17) is 9.47 Å². The molecule has 0 saturated carbocycles. The van der Waals surface area contributed by atoms with Crippen molar-refractivity contribution in [1.82, 2.24) is 4.90 Å². The zero-order valence-corrected chi connectivity index (χ0v) is 22.6. The second kappa shape index (κ2) is 10.4. The summed E-state index contributed by atoms with van der Waals surface area (Å²) in [6.45, 7) is 7.88. The largest absolute Gasteiger partial charge is 0.463 e. The highest BCUT2D eigenvalue weighted by molar-refractivity contribution is 6.18. The van der Waals surface area contributed by atoms with E-state index < -0.39 is 23.4 Å². The molecule has 7 heteroatoms. The van der Waals surface area contributed by atoms with Crippen molar-refractivity contribution >= 4 is 23.5 Å². The number of amides is 1. The number of ether oxygens (including phenoxy) is 2. The van der Waals surface area contributed by atoms with Crippen LogP contribution in [-0.2, 0) is 35.8 Å². The van der Waals surface area contributed by atoms with Crippen LogP contribution in [0.1, 0.15) is 47.7 Å². The predicted molar refractivity (Wildman–Crippen MR) is 148 cm³/mol. The van der Waals surface area contributed by atoms with Crippen LogP contribution in [0.2, 0.25) is 0 Å². The number of carbonyl (C=O) groups excluding carboxylic acids is 3. The molecule has 2 unspecified atom stereocenters. The van der Waals surface area contributed by atoms with E-state index in [0.717, 1.165) is 22.3 Å². The highest BCUT2D eigenvalue weighted by atomic mass is 16.5. The first-order valence-corrected chi connectivity index (χ1v) is 13.2. The van der Waals surface area contributed by atoms with Crippen LogP contribution in [0, 0.1) is 13.8 Å². The molecule has 0 aromatic heterocycles. The monoisotopic (exact) mass is 524 g/mol. The van der Waals surface area contributed by atoms with Gasteiger partial charge in [-0.1, -0.05) is 77.9 Å². The van der Waals surface area contributed by atoms with E-state index in [1.54, 1.807) is 13.8 Å². The lowest BCUT2D eigenvalue weighted by Crippen LogP contribution is -2.45. The van der Waals surface area contributed by atoms with Crippen LogP contribution < -0.4 is 5.32 Å². The van der Waals surface area contributed by atoms with Crippen LogP contribution in [0.15, 0.2) is 84.1 Å². The molecule has 0 fully saturated rings. The molecule has 2 heterocycles. The van der Waals surface area contributed by atoms with Crippen LogP contribution in [0.3, 0.4) is 0 Å². The second-order valence-electron chi connectivity index (χ2n) is 9.90. The number of benzene rings is 3. The van der Waals surface area contributed by atoms with Crippen LogP contribution in [-0.4, -0.2) is 36.0 Å². The minimum atomic E-state index is -1.54. The summed E-state index contributed by atoms with van der Waals surface area (Å²) in [5.74, 6) is -1.76. The Bertz CT molecular complexity index is 1460. The summed E-state index contributed by atoms with van der Waals surface area (Å²) in [5.41, 5.74) is 3.60. The molecule has 0 radical (unpaired) electrons. The Hall–Kier alpha value is -4.39. The van der Waals surface area contributed by atoms with Crippen molar-refractivity contribution < 1.29 is 23.9 Å². The van der Waals surface area contributed by atoms with Crippen molar-refractivity contribution in [1.29, 1.82) is 0 Å². The molecule has 0 bridgehead atoms. The van der Waals surface area contributed by atoms with Gasteiger partial charge in [-0.2, -0.15) is 0 Å². The summed E-state index contributed by atoms with van der Waals surface area (Å²) in [4.78, 5) is 43.7. The van der Waals surface area contributed by atoms with Crippen LogP contribution in [0.25, 0.3) is 0 Å². The van der Waals surface area contributed by atoms with E-state index in [1.165, 1.54) is 0 Å². The number of nitrogens with one attached hydrogen (secondary N) is 1. The number of hydrogen-bond donors (Lipinski definition) is 1. The fourth-order valence-corrected chi connectivity index (χ4v) is 5.75. The normalized spacial score (nSPS) is 19.7. The SMILES string of the molecule is CCOC(=O)C1=C(C(=O)OCC)C2(C(=O)Nc3ccccc32)C(c2ccc(C)cc2)N1Cc1ccc(C)cc1. The van der Waals surface area contributed by atoms with Gasteiger partial charge in [0.1, 0.15) is 11.1 Å². The summed E-state index contributed by atoms with van der Waals surface area (Å²) in [6.07, 6.45) is 0. The average Bonchev–Trinajstić information content (AvgIpc) is 3.38. The first kappa shape index (κ1) is 26.2. The van der Waals surface area contributed by atoms with E-state index in [9.17, 15) is 14.4 Å². The van der Waals surface area contributed by atoms with Gasteiger partial charge in [0.25, 0.3) is 0 Å². The molecule has 1 spiro atoms. The summed E-state index contributed by atoms with van der Waals surface area (Å²) in [5, 5.41) is 2.99. The van der Waals surface area contributed by atoms with Gasteiger partial charge in [-0.25, -0.2) is 9.59 Å². The maximum absolute atomic E-state index is 14.3. The van der Waals surface area contributed by atoms with Crippen molar-refractivity contribution in [3.63, 3.8) is 0 Å². The van der Waals surface area contributed by atoms with E-state index >= 15 is 0 Å². The lowest BCUT2D eigenvalue weighted by molar-refractivity contribution is -0.143. The first-order chi connectivity index (χ1) is 18.8. The number of hydrogen-bond acceptors (Lipinski definition) is 6. The lowest BCUT2D eigenvalue weighted by atomic mass is 9.68. The van der Waals surface area contributed by atoms with Gasteiger partial charge >= 0.3 is 11.9 Å². The third-order valence-corrected chi connectivity index (χ3v) is 7.41. The third-order valence-electron chi connectivity index (χ3n) is 7.41. The van der Waals surface area contributed by atoms with Crippen LogP contribution in [0.5, 0.6) is 0 Å². The van der Waals surface area contributed by atoms with Gasteiger partial charge in [-0.3, -0.25) is 4.79 Å². The molecule has 2 atom stereocenters. The number of esters is 2. The van der Waals surface area contributed by atoms with Gasteiger partial charge in [0, 0.05) is 12.2 Å². The number of nitrogens with zero attached hydrogens (tertiary/aromatic N) is 1. The summed E-state index contributed by atoms with van der Waals surface area (Å²) in [7, 11) is 0. The zero-order valence-electron chi connectivity index (χ0n) is 22.6. The number of rotatable bonds is 7. The van der Waals surface area contributed by atoms with Gasteiger partial charge in [0.15, 0.2) is 0 Å². The van der Waals surface area contributed by atoms with Gasteiger partial charge in [0.05, 0.1) is 24.8 Å². The molecule has 0 saturated heterocycles. The van der Waals surface area contributed by atoms with Crippen molar-refractivity contribution in [3.05, 3.63) is 112 Å². The fourth-order valence-electron chi connectivity index (χ4n) is 5.75. The number of anilines is 1. The maximum atomic E-state index is 14.3. The second-order valence-corrected chi connectivity index (χ2v) is 9.90. The molecule has 3 aromatic carbocycles. The molecule has 1 amide bonds. The fraction of sp³-hybridized carbons (Fsp3) is 0.281. The smallest absolute Gasteiger partial charge is 0.355 e. The minimum Gasteiger partial charge on any atom is -0.463 e. The van der Waals surface area contributed by atoms with Gasteiger partial charge in [0.2, 0.25) is 5.91 Å². The van der Waals surface area contributed by atoms with Gasteiger partial charge in [-0.05, 0) is 50.5 Å². The average molecular weight is 525 g/mol. The first-order valence-electron chi connectivity index (χ1n) is 13.2. The van der Waals surface area contributed by atoms with Gasteiger partial charge in [-0.15, -0.1) is 0 Å². The Kier molecular flexibility index (Phi) is 7.00. The van der Waals surface area contributed by atoms with Crippen LogP contribution in [0.4, 0.5) is 5.69 Å². The number of carbonyl (C=O) groups is 3. The Morgan fingerprint density at radius 3 is 2.08 bits per heavy atom. The molecular formula is C32H32N2O5. The zero-order chi connectivity index (χ0) is 27.7. The predicted octanol–water partition coefficient (Wildman–Crippen LogP) is 5.13. The Morgan fingerprint density at radius 1 is 0.846 bits per heavy atom. The standard InChI is InChI=1S/C32H32N2O5/c1-5-38-29(35)26-27(30(36)39-6-2)34(19-22-15-11-20(3)12-16-22)28(23-17-13-21(4)14-18-23)32(26)24-9-7-8-10-25(24)33-31(32)37/h7-18,28H,5-6,19H2,1-4H3,(H,33,37). The summed E-state index contributed by atoms with van der Waals surface area (Å²) < 4.78 is 11.1. The highest BCUT2D eigenvalue weighted by Crippen LogP contribution is 2.59. The number of fused-ring (bicyclic) bond motifs is 2. The molecule has 39 heavy (non-hydrogen) atoms. The van der Waals surface area contributed by atoms with E-state index in [-0.39, 0.29) is 36.9 Å². The molecule has 2 aliphatic heterocycles. The van der Waals surface area contributed by atoms with E-state index in [2.05, 4.69) is 5.32 Å². The lowest BCUT2D eigenvalue weighted by Gasteiger charge is -2.37. The van der Waals surface area contributed by atoms with E-state index in [1.807, 2.05) is 91.5 Å². The Morgan fingerprint density at radius 2 is 1.44 bits per heavy atom. The van der Waals surface area contributed by atoms with E-state index in [0.29, 0.717) is 11.3 Å². The van der Waals surface area contributed by atoms with Crippen LogP contribution >= 0.6 is 0 Å². The molecule has 0 aliphatic carbocycles. The Labute approximate surface area is 228 Å². The molecule has 2 aliphatic rings. The molecule has 1 N–H and O–H groups in total. The topological polar surface area (TPSA) is 84.9 Å². The third kappa shape index (κ3) is 4.28. The summed E-state index contributed by atoms with van der Waals surface area (Å²) >= 11 is 0. The molecule has 200 valence electrons. The van der Waals surface area contributed by atoms with Crippen molar-refractivity contribution in [3.8, 4) is 0 Å². The number of para-hydroxylation sites is 1. The molecule has 5 rings (SSSR count). The number of aryl methyl sites for hydroxylation is 2. The van der Waals surface area contributed by atoms with Crippen molar-refractivity contribution in [2.45, 2.75) is 45.7 Å². The minimum absolute atomic E-state index is 0.00272. The molecular weight excluding hydrogens is 492 g/mol. The molecule has 7 nitrogen and oxygen atoms in total. The summed E-state index contributed by atoms with van der Waals surface area (Å²) in [6, 6.07) is 22.4. The highest BCUT2D eigenvalue weighted by Gasteiger charge is 2.66. The van der Waals surface area contributed by atoms with Crippen molar-refractivity contribution in [2.24, 2.45) is 0 Å². The molecule has 3 aromatic rings. The quantitative estimate of drug-likeness (QED) is 0.432. The maximum Gasteiger partial charge on any atom is 0.355 e.